The summed E-state index contributed by atoms with van der Waals surface area (Å²) in [4.78, 5) is 0. The molecule has 2 aliphatic heterocycles. The molecule has 2 fully saturated rings. The minimum absolute atomic E-state index is 0.104. The molecule has 0 N–H and O–H groups in total. The Hall–Kier alpha value is -0.160. The van der Waals surface area contributed by atoms with E-state index in [0.717, 1.165) is 6.61 Å². The highest BCUT2D eigenvalue weighted by Crippen LogP contribution is 2.32. The van der Waals surface area contributed by atoms with Crippen LogP contribution in [-0.2, 0) is 18.9 Å². The van der Waals surface area contributed by atoms with Gasteiger partial charge in [0, 0.05) is 20.1 Å². The van der Waals surface area contributed by atoms with Crippen LogP contribution in [0, 0.1) is 5.92 Å². The van der Waals surface area contributed by atoms with Crippen LogP contribution in [0.3, 0.4) is 0 Å². The first-order valence-electron chi connectivity index (χ1n) is 4.61. The molecule has 2 saturated heterocycles. The van der Waals surface area contributed by atoms with Gasteiger partial charge in [-0.3, -0.25) is 0 Å². The van der Waals surface area contributed by atoms with Crippen molar-refractivity contribution in [2.45, 2.75) is 18.3 Å². The molecule has 0 radical (unpaired) electrons. The third-order valence-electron chi connectivity index (χ3n) is 2.79. The number of rotatable bonds is 3. The lowest BCUT2D eigenvalue weighted by molar-refractivity contribution is -0.0118. The molecule has 4 heteroatoms. The number of fused-ring (bicyclic) bond motifs is 1. The topological polar surface area (TPSA) is 36.9 Å². The van der Waals surface area contributed by atoms with E-state index in [1.54, 1.807) is 14.2 Å². The lowest BCUT2D eigenvalue weighted by Crippen LogP contribution is -2.31. The van der Waals surface area contributed by atoms with Gasteiger partial charge in [0.2, 0.25) is 0 Å². The summed E-state index contributed by atoms with van der Waals surface area (Å²) < 4.78 is 21.6. The van der Waals surface area contributed by atoms with Crippen molar-refractivity contribution in [2.75, 3.05) is 34.0 Å². The van der Waals surface area contributed by atoms with E-state index in [-0.39, 0.29) is 18.3 Å². The predicted molar refractivity (Wildman–Crippen MR) is 45.6 cm³/mol. The van der Waals surface area contributed by atoms with Crippen LogP contribution < -0.4 is 0 Å². The molecule has 2 rings (SSSR count). The SMILES string of the molecule is COCC1COC2C(OC)COC12. The summed E-state index contributed by atoms with van der Waals surface area (Å²) in [5.41, 5.74) is 0. The smallest absolute Gasteiger partial charge is 0.112 e. The first-order valence-corrected chi connectivity index (χ1v) is 4.61. The summed E-state index contributed by atoms with van der Waals surface area (Å²) in [6.45, 7) is 2.08. The van der Waals surface area contributed by atoms with Gasteiger partial charge in [0.05, 0.1) is 25.9 Å². The minimum Gasteiger partial charge on any atom is -0.384 e. The fraction of sp³-hybridized carbons (Fsp3) is 1.00. The molecule has 2 aliphatic rings. The summed E-state index contributed by atoms with van der Waals surface area (Å²) in [5, 5.41) is 0. The second kappa shape index (κ2) is 3.92. The molecular formula is C9H16O4. The molecule has 0 bridgehead atoms. The van der Waals surface area contributed by atoms with Crippen molar-refractivity contribution in [3.05, 3.63) is 0 Å². The summed E-state index contributed by atoms with van der Waals surface area (Å²) >= 11 is 0. The van der Waals surface area contributed by atoms with Crippen LogP contribution in [-0.4, -0.2) is 52.4 Å². The average Bonchev–Trinajstić information content (AvgIpc) is 2.68. The zero-order chi connectivity index (χ0) is 9.26. The van der Waals surface area contributed by atoms with E-state index in [4.69, 9.17) is 18.9 Å². The largest absolute Gasteiger partial charge is 0.384 e. The van der Waals surface area contributed by atoms with Crippen molar-refractivity contribution in [3.63, 3.8) is 0 Å². The van der Waals surface area contributed by atoms with Gasteiger partial charge in [0.15, 0.2) is 0 Å². The van der Waals surface area contributed by atoms with Crippen molar-refractivity contribution in [1.29, 1.82) is 0 Å². The van der Waals surface area contributed by atoms with Crippen molar-refractivity contribution < 1.29 is 18.9 Å². The number of hydrogen-bond donors (Lipinski definition) is 0. The maximum atomic E-state index is 5.62. The molecular weight excluding hydrogens is 172 g/mol. The standard InChI is InChI=1S/C9H16O4/c1-10-3-6-4-12-9-7(11-2)5-13-8(6)9/h6-9H,3-5H2,1-2H3. The average molecular weight is 188 g/mol. The van der Waals surface area contributed by atoms with E-state index < -0.39 is 0 Å². The molecule has 0 aromatic heterocycles. The summed E-state index contributed by atoms with van der Waals surface area (Å²) in [6, 6.07) is 0. The quantitative estimate of drug-likeness (QED) is 0.627. The molecule has 0 aromatic carbocycles. The van der Waals surface area contributed by atoms with Gasteiger partial charge in [-0.25, -0.2) is 0 Å². The van der Waals surface area contributed by atoms with E-state index in [0.29, 0.717) is 19.1 Å². The fourth-order valence-electron chi connectivity index (χ4n) is 2.10. The van der Waals surface area contributed by atoms with E-state index >= 15 is 0 Å². The molecule has 0 spiro atoms. The first kappa shape index (κ1) is 9.40. The molecule has 0 aliphatic carbocycles. The highest BCUT2D eigenvalue weighted by molar-refractivity contribution is 4.94. The second-order valence-corrected chi connectivity index (χ2v) is 3.59. The summed E-state index contributed by atoms with van der Waals surface area (Å²) in [5.74, 6) is 0.371. The highest BCUT2D eigenvalue weighted by atomic mass is 16.6. The van der Waals surface area contributed by atoms with Crippen molar-refractivity contribution in [2.24, 2.45) is 5.92 Å². The third-order valence-corrected chi connectivity index (χ3v) is 2.79. The van der Waals surface area contributed by atoms with Crippen LogP contribution in [0.1, 0.15) is 0 Å². The van der Waals surface area contributed by atoms with E-state index in [9.17, 15) is 0 Å². The molecule has 76 valence electrons. The Morgan fingerprint density at radius 2 is 1.92 bits per heavy atom. The maximum Gasteiger partial charge on any atom is 0.112 e. The summed E-state index contributed by atoms with van der Waals surface area (Å²) in [7, 11) is 3.40. The highest BCUT2D eigenvalue weighted by Gasteiger charge is 2.47. The zero-order valence-electron chi connectivity index (χ0n) is 8.06. The Labute approximate surface area is 78.1 Å². The summed E-state index contributed by atoms with van der Waals surface area (Å²) in [6.07, 6.45) is 0.391. The Morgan fingerprint density at radius 3 is 2.62 bits per heavy atom. The third kappa shape index (κ3) is 1.59. The Bertz CT molecular complexity index is 173. The second-order valence-electron chi connectivity index (χ2n) is 3.59. The molecule has 0 amide bonds. The van der Waals surface area contributed by atoms with Gasteiger partial charge in [0.1, 0.15) is 12.2 Å². The predicted octanol–water partition coefficient (Wildman–Crippen LogP) is 0.0616. The van der Waals surface area contributed by atoms with Crippen LogP contribution in [0.25, 0.3) is 0 Å². The van der Waals surface area contributed by atoms with Crippen molar-refractivity contribution in [1.82, 2.24) is 0 Å². The van der Waals surface area contributed by atoms with E-state index in [1.807, 2.05) is 0 Å². The molecule has 4 atom stereocenters. The van der Waals surface area contributed by atoms with Gasteiger partial charge in [-0.15, -0.1) is 0 Å². The first-order chi connectivity index (χ1) is 6.36. The molecule has 4 unspecified atom stereocenters. The number of ether oxygens (including phenoxy) is 4. The van der Waals surface area contributed by atoms with Gasteiger partial charge < -0.3 is 18.9 Å². The normalized spacial score (nSPS) is 43.8. The monoisotopic (exact) mass is 188 g/mol. The minimum atomic E-state index is 0.104. The lowest BCUT2D eigenvalue weighted by Gasteiger charge is -2.14. The lowest BCUT2D eigenvalue weighted by atomic mass is 10.0. The Balaban J connectivity index is 1.95. The zero-order valence-corrected chi connectivity index (χ0v) is 8.06. The number of methoxy groups -OCH3 is 2. The van der Waals surface area contributed by atoms with E-state index in [2.05, 4.69) is 0 Å². The van der Waals surface area contributed by atoms with Crippen LogP contribution in [0.15, 0.2) is 0 Å². The fourth-order valence-corrected chi connectivity index (χ4v) is 2.10. The van der Waals surface area contributed by atoms with Gasteiger partial charge in [-0.1, -0.05) is 0 Å². The molecule has 2 heterocycles. The van der Waals surface area contributed by atoms with Gasteiger partial charge in [-0.2, -0.15) is 0 Å². The Morgan fingerprint density at radius 1 is 1.15 bits per heavy atom. The van der Waals surface area contributed by atoms with Crippen molar-refractivity contribution >= 4 is 0 Å². The van der Waals surface area contributed by atoms with Crippen molar-refractivity contribution in [3.8, 4) is 0 Å². The van der Waals surface area contributed by atoms with Gasteiger partial charge in [-0.05, 0) is 0 Å². The molecule has 0 aromatic rings. The molecule has 0 saturated carbocycles. The van der Waals surface area contributed by atoms with Crippen LogP contribution in [0.2, 0.25) is 0 Å². The Kier molecular flexibility index (Phi) is 2.83. The van der Waals surface area contributed by atoms with Crippen LogP contribution >= 0.6 is 0 Å². The van der Waals surface area contributed by atoms with Gasteiger partial charge in [0.25, 0.3) is 0 Å². The van der Waals surface area contributed by atoms with Crippen LogP contribution in [0.4, 0.5) is 0 Å². The van der Waals surface area contributed by atoms with Crippen LogP contribution in [0.5, 0.6) is 0 Å². The van der Waals surface area contributed by atoms with Gasteiger partial charge >= 0.3 is 0 Å². The maximum absolute atomic E-state index is 5.62. The molecule has 4 nitrogen and oxygen atoms in total. The number of hydrogen-bond acceptors (Lipinski definition) is 4. The molecule has 13 heavy (non-hydrogen) atoms. The van der Waals surface area contributed by atoms with E-state index in [1.165, 1.54) is 0 Å².